The number of hydrogen-bond acceptors (Lipinski definition) is 2. The average Bonchev–Trinajstić information content (AvgIpc) is 2.45. The molecular weight excluding hydrogens is 248 g/mol. The van der Waals surface area contributed by atoms with Crippen molar-refractivity contribution in [3.63, 3.8) is 0 Å². The van der Waals surface area contributed by atoms with E-state index in [-0.39, 0.29) is 5.91 Å². The monoisotopic (exact) mass is 282 g/mol. The number of carbonyl (C=O) groups is 1. The molecular formula is C17H34N2O. The van der Waals surface area contributed by atoms with Gasteiger partial charge in [-0.2, -0.15) is 0 Å². The molecule has 1 saturated heterocycles. The molecule has 0 unspecified atom stereocenters. The van der Waals surface area contributed by atoms with Gasteiger partial charge in [0, 0.05) is 13.0 Å². The summed E-state index contributed by atoms with van der Waals surface area (Å²) >= 11 is 0. The van der Waals surface area contributed by atoms with Crippen LogP contribution in [0.1, 0.15) is 78.1 Å². The number of hydrogen-bond donors (Lipinski definition) is 2. The molecule has 1 aliphatic heterocycles. The minimum atomic E-state index is 0.248. The Bertz CT molecular complexity index is 260. The molecule has 2 N–H and O–H groups in total. The summed E-state index contributed by atoms with van der Waals surface area (Å²) in [6.45, 7) is 7.56. The summed E-state index contributed by atoms with van der Waals surface area (Å²) in [6, 6.07) is 0. The summed E-state index contributed by atoms with van der Waals surface area (Å²) in [5.74, 6) is 0.248. The van der Waals surface area contributed by atoms with Gasteiger partial charge in [-0.05, 0) is 37.8 Å². The topological polar surface area (TPSA) is 41.1 Å². The average molecular weight is 282 g/mol. The van der Waals surface area contributed by atoms with E-state index in [2.05, 4.69) is 24.5 Å². The molecule has 0 aromatic heterocycles. The van der Waals surface area contributed by atoms with E-state index in [0.29, 0.717) is 11.8 Å². The highest BCUT2D eigenvalue weighted by Gasteiger charge is 2.26. The van der Waals surface area contributed by atoms with Crippen LogP contribution in [0.25, 0.3) is 0 Å². The molecule has 1 aliphatic rings. The van der Waals surface area contributed by atoms with Crippen LogP contribution in [-0.2, 0) is 4.79 Å². The lowest BCUT2D eigenvalue weighted by Crippen LogP contribution is -2.42. The maximum absolute atomic E-state index is 11.8. The minimum absolute atomic E-state index is 0.248. The van der Waals surface area contributed by atoms with Gasteiger partial charge in [-0.15, -0.1) is 0 Å². The van der Waals surface area contributed by atoms with Crippen LogP contribution in [0, 0.1) is 5.41 Å². The Morgan fingerprint density at radius 1 is 1.05 bits per heavy atom. The molecule has 3 heteroatoms. The number of rotatable bonds is 10. The molecule has 118 valence electrons. The van der Waals surface area contributed by atoms with E-state index >= 15 is 0 Å². The molecule has 0 saturated carbocycles. The third-order valence-corrected chi connectivity index (χ3v) is 4.53. The van der Waals surface area contributed by atoms with Crippen LogP contribution in [0.3, 0.4) is 0 Å². The van der Waals surface area contributed by atoms with Crippen LogP contribution in [0.4, 0.5) is 0 Å². The van der Waals surface area contributed by atoms with E-state index in [4.69, 9.17) is 0 Å². The Balaban J connectivity index is 1.97. The van der Waals surface area contributed by atoms with E-state index in [9.17, 15) is 4.79 Å². The Morgan fingerprint density at radius 3 is 2.30 bits per heavy atom. The predicted octanol–water partition coefficient (Wildman–Crippen LogP) is 3.63. The maximum Gasteiger partial charge on any atom is 0.220 e. The molecule has 20 heavy (non-hydrogen) atoms. The van der Waals surface area contributed by atoms with E-state index in [1.54, 1.807) is 0 Å². The van der Waals surface area contributed by atoms with Gasteiger partial charge in [-0.3, -0.25) is 4.79 Å². The van der Waals surface area contributed by atoms with Gasteiger partial charge in [0.25, 0.3) is 0 Å². The first-order chi connectivity index (χ1) is 9.66. The van der Waals surface area contributed by atoms with Gasteiger partial charge in [0.15, 0.2) is 0 Å². The zero-order valence-electron chi connectivity index (χ0n) is 13.6. The van der Waals surface area contributed by atoms with Gasteiger partial charge in [-0.1, -0.05) is 52.4 Å². The second kappa shape index (κ2) is 10.2. The number of carbonyl (C=O) groups excluding carboxylic acids is 1. The first-order valence-corrected chi connectivity index (χ1v) is 8.64. The zero-order valence-corrected chi connectivity index (χ0v) is 13.6. The van der Waals surface area contributed by atoms with Crippen molar-refractivity contribution < 1.29 is 4.79 Å². The van der Waals surface area contributed by atoms with Gasteiger partial charge >= 0.3 is 0 Å². The molecule has 1 rings (SSSR count). The molecule has 0 spiro atoms. The molecule has 0 atom stereocenters. The molecule has 1 fully saturated rings. The Kier molecular flexibility index (Phi) is 8.92. The van der Waals surface area contributed by atoms with Gasteiger partial charge < -0.3 is 10.6 Å². The number of nitrogens with one attached hydrogen (secondary N) is 2. The van der Waals surface area contributed by atoms with Crippen LogP contribution in [-0.4, -0.2) is 25.5 Å². The van der Waals surface area contributed by atoms with Crippen molar-refractivity contribution in [2.24, 2.45) is 5.41 Å². The fourth-order valence-corrected chi connectivity index (χ4v) is 2.85. The number of amides is 1. The Morgan fingerprint density at radius 2 is 1.65 bits per heavy atom. The van der Waals surface area contributed by atoms with Crippen LogP contribution >= 0.6 is 0 Å². The van der Waals surface area contributed by atoms with Crippen LogP contribution in [0.2, 0.25) is 0 Å². The fourth-order valence-electron chi connectivity index (χ4n) is 2.85. The normalized spacial score (nSPS) is 17.9. The van der Waals surface area contributed by atoms with Gasteiger partial charge in [0.1, 0.15) is 0 Å². The van der Waals surface area contributed by atoms with Gasteiger partial charge in [-0.25, -0.2) is 0 Å². The van der Waals surface area contributed by atoms with Crippen LogP contribution < -0.4 is 10.6 Å². The molecule has 0 radical (unpaired) electrons. The van der Waals surface area contributed by atoms with Crippen molar-refractivity contribution in [1.82, 2.24) is 10.6 Å². The molecule has 3 nitrogen and oxygen atoms in total. The smallest absolute Gasteiger partial charge is 0.220 e. The summed E-state index contributed by atoms with van der Waals surface area (Å²) in [5.41, 5.74) is 0.307. The highest BCUT2D eigenvalue weighted by atomic mass is 16.1. The van der Waals surface area contributed by atoms with Crippen molar-refractivity contribution in [2.75, 3.05) is 19.6 Å². The first-order valence-electron chi connectivity index (χ1n) is 8.64. The predicted molar refractivity (Wildman–Crippen MR) is 85.8 cm³/mol. The third kappa shape index (κ3) is 7.88. The van der Waals surface area contributed by atoms with Crippen molar-refractivity contribution in [3.05, 3.63) is 0 Å². The lowest BCUT2D eigenvalue weighted by molar-refractivity contribution is -0.121. The van der Waals surface area contributed by atoms with E-state index in [0.717, 1.165) is 26.1 Å². The summed E-state index contributed by atoms with van der Waals surface area (Å²) in [6.07, 6.45) is 11.9. The summed E-state index contributed by atoms with van der Waals surface area (Å²) in [5, 5.41) is 6.52. The van der Waals surface area contributed by atoms with Gasteiger partial charge in [0.2, 0.25) is 5.91 Å². The summed E-state index contributed by atoms with van der Waals surface area (Å²) in [4.78, 5) is 11.8. The quantitative estimate of drug-likeness (QED) is 0.601. The SMILES string of the molecule is CCCCCCCCCC(=O)NCC1(C)CCNCC1. The highest BCUT2D eigenvalue weighted by Crippen LogP contribution is 2.26. The highest BCUT2D eigenvalue weighted by molar-refractivity contribution is 5.75. The molecule has 0 aromatic rings. The second-order valence-electron chi connectivity index (χ2n) is 6.71. The van der Waals surface area contributed by atoms with Crippen LogP contribution in [0.5, 0.6) is 0 Å². The molecule has 1 amide bonds. The molecule has 0 aromatic carbocycles. The van der Waals surface area contributed by atoms with Crippen molar-refractivity contribution in [2.45, 2.75) is 78.1 Å². The maximum atomic E-state index is 11.8. The van der Waals surface area contributed by atoms with Gasteiger partial charge in [0.05, 0.1) is 0 Å². The summed E-state index contributed by atoms with van der Waals surface area (Å²) in [7, 11) is 0. The Labute approximate surface area is 125 Å². The molecule has 1 heterocycles. The largest absolute Gasteiger partial charge is 0.356 e. The Hall–Kier alpha value is -0.570. The molecule has 0 aliphatic carbocycles. The van der Waals surface area contributed by atoms with Crippen molar-refractivity contribution in [1.29, 1.82) is 0 Å². The van der Waals surface area contributed by atoms with E-state index in [1.165, 1.54) is 51.4 Å². The van der Waals surface area contributed by atoms with Crippen molar-refractivity contribution in [3.8, 4) is 0 Å². The minimum Gasteiger partial charge on any atom is -0.356 e. The zero-order chi connectivity index (χ0) is 14.7. The third-order valence-electron chi connectivity index (χ3n) is 4.53. The summed E-state index contributed by atoms with van der Waals surface area (Å²) < 4.78 is 0. The second-order valence-corrected chi connectivity index (χ2v) is 6.71. The number of piperidine rings is 1. The molecule has 0 bridgehead atoms. The van der Waals surface area contributed by atoms with Crippen LogP contribution in [0.15, 0.2) is 0 Å². The lowest BCUT2D eigenvalue weighted by Gasteiger charge is -2.34. The van der Waals surface area contributed by atoms with Crippen molar-refractivity contribution >= 4 is 5.91 Å². The lowest BCUT2D eigenvalue weighted by atomic mass is 9.81. The van der Waals surface area contributed by atoms with E-state index < -0.39 is 0 Å². The van der Waals surface area contributed by atoms with E-state index in [1.807, 2.05) is 0 Å². The standard InChI is InChI=1S/C17H34N2O/c1-3-4-5-6-7-8-9-10-16(20)19-15-17(2)11-13-18-14-12-17/h18H,3-15H2,1-2H3,(H,19,20). The first kappa shape index (κ1) is 17.5. The fraction of sp³-hybridized carbons (Fsp3) is 0.941. The number of unbranched alkanes of at least 4 members (excludes halogenated alkanes) is 6.